The highest BCUT2D eigenvalue weighted by atomic mass is 16.3. The van der Waals surface area contributed by atoms with Crippen LogP contribution in [0.25, 0.3) is 0 Å². The maximum atomic E-state index is 9.39. The fourth-order valence-corrected chi connectivity index (χ4v) is 1.16. The quantitative estimate of drug-likeness (QED) is 0.509. The van der Waals surface area contributed by atoms with Crippen LogP contribution in [-0.2, 0) is 0 Å². The van der Waals surface area contributed by atoms with Crippen molar-refractivity contribution in [3.8, 4) is 0 Å². The van der Waals surface area contributed by atoms with E-state index in [2.05, 4.69) is 9.80 Å². The van der Waals surface area contributed by atoms with E-state index in [9.17, 15) is 5.11 Å². The summed E-state index contributed by atoms with van der Waals surface area (Å²) in [6, 6.07) is 0. The SMILES string of the molecule is OC(CN1CC1)CN1CC1. The van der Waals surface area contributed by atoms with Crippen molar-refractivity contribution >= 4 is 0 Å². The number of aliphatic hydroxyl groups excluding tert-OH is 1. The summed E-state index contributed by atoms with van der Waals surface area (Å²) in [6.45, 7) is 6.54. The van der Waals surface area contributed by atoms with Crippen LogP contribution in [0.15, 0.2) is 0 Å². The molecule has 10 heavy (non-hydrogen) atoms. The molecule has 0 bridgehead atoms. The van der Waals surface area contributed by atoms with Crippen LogP contribution in [-0.4, -0.2) is 60.3 Å². The molecule has 0 saturated carbocycles. The van der Waals surface area contributed by atoms with Crippen molar-refractivity contribution in [1.82, 2.24) is 9.80 Å². The molecule has 2 fully saturated rings. The Labute approximate surface area is 61.2 Å². The summed E-state index contributed by atoms with van der Waals surface area (Å²) < 4.78 is 0. The third-order valence-electron chi connectivity index (χ3n) is 2.02. The van der Waals surface area contributed by atoms with E-state index < -0.39 is 0 Å². The molecule has 0 spiro atoms. The first kappa shape index (κ1) is 6.58. The van der Waals surface area contributed by atoms with Crippen LogP contribution in [0.2, 0.25) is 0 Å². The first-order valence-electron chi connectivity index (χ1n) is 3.97. The van der Waals surface area contributed by atoms with Gasteiger partial charge in [0.2, 0.25) is 0 Å². The predicted octanol–water partition coefficient (Wildman–Crippen LogP) is -1.02. The molecule has 0 aromatic heterocycles. The van der Waals surface area contributed by atoms with Gasteiger partial charge in [-0.25, -0.2) is 0 Å². The van der Waals surface area contributed by atoms with Gasteiger partial charge < -0.3 is 5.11 Å². The van der Waals surface area contributed by atoms with Gasteiger partial charge in [0.15, 0.2) is 0 Å². The minimum atomic E-state index is -0.106. The largest absolute Gasteiger partial charge is 0.390 e. The number of aliphatic hydroxyl groups is 1. The van der Waals surface area contributed by atoms with Gasteiger partial charge in [-0.05, 0) is 0 Å². The van der Waals surface area contributed by atoms with E-state index in [4.69, 9.17) is 0 Å². The Hall–Kier alpha value is -0.120. The van der Waals surface area contributed by atoms with Crippen molar-refractivity contribution in [3.63, 3.8) is 0 Å². The average molecular weight is 142 g/mol. The van der Waals surface area contributed by atoms with Crippen molar-refractivity contribution in [3.05, 3.63) is 0 Å². The Morgan fingerprint density at radius 2 is 1.40 bits per heavy atom. The summed E-state index contributed by atoms with van der Waals surface area (Å²) >= 11 is 0. The lowest BCUT2D eigenvalue weighted by atomic mass is 10.3. The van der Waals surface area contributed by atoms with Crippen molar-refractivity contribution in [2.45, 2.75) is 6.10 Å². The van der Waals surface area contributed by atoms with Crippen LogP contribution in [0.4, 0.5) is 0 Å². The Morgan fingerprint density at radius 1 is 1.00 bits per heavy atom. The molecule has 0 aromatic carbocycles. The molecular weight excluding hydrogens is 128 g/mol. The highest BCUT2D eigenvalue weighted by Crippen LogP contribution is 2.08. The Bertz CT molecular complexity index is 107. The topological polar surface area (TPSA) is 26.2 Å². The smallest absolute Gasteiger partial charge is 0.0793 e. The lowest BCUT2D eigenvalue weighted by Crippen LogP contribution is -2.26. The van der Waals surface area contributed by atoms with E-state index in [1.807, 2.05) is 0 Å². The van der Waals surface area contributed by atoms with Gasteiger partial charge in [-0.15, -0.1) is 0 Å². The summed E-state index contributed by atoms with van der Waals surface area (Å²) in [5.74, 6) is 0. The van der Waals surface area contributed by atoms with Crippen LogP contribution >= 0.6 is 0 Å². The minimum absolute atomic E-state index is 0.106. The summed E-state index contributed by atoms with van der Waals surface area (Å²) in [5, 5.41) is 9.39. The summed E-state index contributed by atoms with van der Waals surface area (Å²) in [7, 11) is 0. The van der Waals surface area contributed by atoms with Gasteiger partial charge in [0.1, 0.15) is 0 Å². The number of β-amino-alcohol motifs (C(OH)–C–C–N with tert-alkyl or cyclic N) is 1. The molecule has 2 heterocycles. The van der Waals surface area contributed by atoms with E-state index >= 15 is 0 Å². The first-order valence-corrected chi connectivity index (χ1v) is 3.97. The molecule has 2 saturated heterocycles. The van der Waals surface area contributed by atoms with Gasteiger partial charge in [0.25, 0.3) is 0 Å². The summed E-state index contributed by atoms with van der Waals surface area (Å²) in [4.78, 5) is 4.52. The molecular formula is C7H14N2O. The first-order chi connectivity index (χ1) is 4.84. The summed E-state index contributed by atoms with van der Waals surface area (Å²) in [5.41, 5.74) is 0. The normalized spacial score (nSPS) is 25.8. The third kappa shape index (κ3) is 1.94. The molecule has 3 heteroatoms. The Balaban J connectivity index is 1.60. The Morgan fingerprint density at radius 3 is 1.70 bits per heavy atom. The van der Waals surface area contributed by atoms with Crippen molar-refractivity contribution in [1.29, 1.82) is 0 Å². The van der Waals surface area contributed by atoms with Gasteiger partial charge in [-0.1, -0.05) is 0 Å². The molecule has 2 aliphatic rings. The fourth-order valence-electron chi connectivity index (χ4n) is 1.16. The molecule has 58 valence electrons. The molecule has 2 aliphatic heterocycles. The molecule has 3 nitrogen and oxygen atoms in total. The average Bonchev–Trinajstić information content (AvgIpc) is 2.59. The molecule has 0 aliphatic carbocycles. The second-order valence-electron chi connectivity index (χ2n) is 3.26. The van der Waals surface area contributed by atoms with Crippen LogP contribution in [0.1, 0.15) is 0 Å². The van der Waals surface area contributed by atoms with E-state index in [1.165, 1.54) is 26.2 Å². The zero-order chi connectivity index (χ0) is 6.97. The zero-order valence-electron chi connectivity index (χ0n) is 6.16. The fraction of sp³-hybridized carbons (Fsp3) is 1.00. The number of hydrogen-bond donors (Lipinski definition) is 1. The van der Waals surface area contributed by atoms with Gasteiger partial charge in [-0.2, -0.15) is 0 Å². The monoisotopic (exact) mass is 142 g/mol. The molecule has 0 atom stereocenters. The van der Waals surface area contributed by atoms with Crippen LogP contribution in [0, 0.1) is 0 Å². The lowest BCUT2D eigenvalue weighted by molar-refractivity contribution is 0.136. The van der Waals surface area contributed by atoms with Crippen molar-refractivity contribution < 1.29 is 5.11 Å². The standard InChI is InChI=1S/C7H14N2O/c10-7(5-8-1-2-8)6-9-3-4-9/h7,10H,1-6H2. The lowest BCUT2D eigenvalue weighted by Gasteiger charge is -2.10. The molecule has 0 aromatic rings. The van der Waals surface area contributed by atoms with Crippen LogP contribution < -0.4 is 0 Å². The molecule has 1 N–H and O–H groups in total. The predicted molar refractivity (Wildman–Crippen MR) is 38.9 cm³/mol. The van der Waals surface area contributed by atoms with Crippen molar-refractivity contribution in [2.75, 3.05) is 39.3 Å². The van der Waals surface area contributed by atoms with E-state index in [-0.39, 0.29) is 6.10 Å². The molecule has 0 radical (unpaired) electrons. The number of nitrogens with zero attached hydrogens (tertiary/aromatic N) is 2. The van der Waals surface area contributed by atoms with Gasteiger partial charge >= 0.3 is 0 Å². The zero-order valence-corrected chi connectivity index (χ0v) is 6.16. The number of hydrogen-bond acceptors (Lipinski definition) is 3. The second-order valence-corrected chi connectivity index (χ2v) is 3.26. The maximum Gasteiger partial charge on any atom is 0.0793 e. The van der Waals surface area contributed by atoms with E-state index in [0.29, 0.717) is 0 Å². The summed E-state index contributed by atoms with van der Waals surface area (Å²) in [6.07, 6.45) is -0.106. The highest BCUT2D eigenvalue weighted by Gasteiger charge is 2.25. The van der Waals surface area contributed by atoms with Crippen LogP contribution in [0.3, 0.4) is 0 Å². The van der Waals surface area contributed by atoms with Crippen molar-refractivity contribution in [2.24, 2.45) is 0 Å². The van der Waals surface area contributed by atoms with Gasteiger partial charge in [-0.3, -0.25) is 9.80 Å². The van der Waals surface area contributed by atoms with E-state index in [0.717, 1.165) is 13.1 Å². The van der Waals surface area contributed by atoms with Crippen LogP contribution in [0.5, 0.6) is 0 Å². The maximum absolute atomic E-state index is 9.39. The van der Waals surface area contributed by atoms with Gasteiger partial charge in [0, 0.05) is 39.3 Å². The molecule has 0 unspecified atom stereocenters. The third-order valence-corrected chi connectivity index (χ3v) is 2.02. The minimum Gasteiger partial charge on any atom is -0.390 e. The molecule has 2 rings (SSSR count). The number of rotatable bonds is 4. The van der Waals surface area contributed by atoms with E-state index in [1.54, 1.807) is 0 Å². The Kier molecular flexibility index (Phi) is 1.64. The van der Waals surface area contributed by atoms with Gasteiger partial charge in [0.05, 0.1) is 6.10 Å². The molecule has 0 amide bonds. The second kappa shape index (κ2) is 2.49. The highest BCUT2D eigenvalue weighted by molar-refractivity contribution is 4.81.